The summed E-state index contributed by atoms with van der Waals surface area (Å²) in [4.78, 5) is 0. The molecule has 270 valence electrons. The van der Waals surface area contributed by atoms with Crippen LogP contribution in [0.3, 0.4) is 0 Å². The van der Waals surface area contributed by atoms with E-state index in [1.54, 1.807) is 0 Å². The Balaban J connectivity index is 1.40. The maximum absolute atomic E-state index is 7.69. The van der Waals surface area contributed by atoms with Crippen molar-refractivity contribution in [2.75, 3.05) is 0 Å². The van der Waals surface area contributed by atoms with E-state index in [1.165, 1.54) is 0 Å². The van der Waals surface area contributed by atoms with E-state index in [-0.39, 0.29) is 0 Å². The van der Waals surface area contributed by atoms with Crippen LogP contribution in [0.15, 0.2) is 133 Å². The van der Waals surface area contributed by atoms with Gasteiger partial charge in [-0.15, -0.1) is 0 Å². The lowest BCUT2D eigenvalue weighted by Gasteiger charge is -2.40. The van der Waals surface area contributed by atoms with Crippen LogP contribution >= 0.6 is 0 Å². The standard InChI is InChI=1S/C48H48B2O4/c1-31-19-15-20-32(2)41(31)47(42-33(3)21-16-22-34(42)4)45(39-27-11-9-12-28-39)51-49(53-47)50-52-46(40-29-13-10-14-30-40)48(54-50,43-35(5)23-17-24-36(43)6)44-37(7)25-18-26-38(44)8/h9-30,45-46H,1-8H3/t45-,46-/m1/s1. The molecule has 2 heterocycles. The molecule has 2 saturated heterocycles. The van der Waals surface area contributed by atoms with Gasteiger partial charge >= 0.3 is 14.0 Å². The molecule has 0 N–H and O–H groups in total. The summed E-state index contributed by atoms with van der Waals surface area (Å²) >= 11 is 0. The van der Waals surface area contributed by atoms with E-state index in [9.17, 15) is 0 Å². The third-order valence-electron chi connectivity index (χ3n) is 11.7. The lowest BCUT2D eigenvalue weighted by Crippen LogP contribution is -2.44. The van der Waals surface area contributed by atoms with Gasteiger partial charge in [-0.05, 0) is 133 Å². The molecule has 0 bridgehead atoms. The number of hydrogen-bond acceptors (Lipinski definition) is 4. The second-order valence-corrected chi connectivity index (χ2v) is 15.4. The van der Waals surface area contributed by atoms with Crippen LogP contribution in [0.5, 0.6) is 0 Å². The average molecular weight is 711 g/mol. The van der Waals surface area contributed by atoms with Crippen LogP contribution < -0.4 is 0 Å². The second-order valence-electron chi connectivity index (χ2n) is 15.4. The van der Waals surface area contributed by atoms with Crippen LogP contribution in [-0.4, -0.2) is 14.0 Å². The van der Waals surface area contributed by atoms with Crippen LogP contribution in [0.4, 0.5) is 0 Å². The van der Waals surface area contributed by atoms with Crippen molar-refractivity contribution < 1.29 is 18.6 Å². The topological polar surface area (TPSA) is 36.9 Å². The minimum absolute atomic E-state index is 0.513. The molecule has 0 aliphatic carbocycles. The van der Waals surface area contributed by atoms with Gasteiger partial charge in [0.05, 0.1) is 0 Å². The summed E-state index contributed by atoms with van der Waals surface area (Å²) in [5.41, 5.74) is 13.5. The molecule has 0 aromatic heterocycles. The van der Waals surface area contributed by atoms with Gasteiger partial charge in [-0.25, -0.2) is 0 Å². The summed E-state index contributed by atoms with van der Waals surface area (Å²) in [6, 6.07) is 46.9. The molecule has 4 nitrogen and oxygen atoms in total. The number of hydrogen-bond donors (Lipinski definition) is 0. The van der Waals surface area contributed by atoms with E-state index >= 15 is 0 Å². The summed E-state index contributed by atoms with van der Waals surface area (Å²) in [7, 11) is -1.79. The lowest BCUT2D eigenvalue weighted by molar-refractivity contribution is 0.0693. The first-order valence-electron chi connectivity index (χ1n) is 19.1. The van der Waals surface area contributed by atoms with Crippen molar-refractivity contribution in [1.82, 2.24) is 0 Å². The maximum atomic E-state index is 7.69. The zero-order chi connectivity index (χ0) is 37.8. The van der Waals surface area contributed by atoms with E-state index in [4.69, 9.17) is 18.6 Å². The second kappa shape index (κ2) is 14.2. The van der Waals surface area contributed by atoms with Crippen LogP contribution in [0.2, 0.25) is 0 Å². The fourth-order valence-electron chi connectivity index (χ4n) is 9.74. The number of rotatable bonds is 7. The molecule has 6 heteroatoms. The molecule has 2 aliphatic rings. The molecule has 0 amide bonds. The molecule has 0 radical (unpaired) electrons. The minimum Gasteiger partial charge on any atom is -0.403 e. The Morgan fingerprint density at radius 3 is 0.815 bits per heavy atom. The van der Waals surface area contributed by atoms with Gasteiger partial charge in [0.1, 0.15) is 23.4 Å². The Bertz CT molecular complexity index is 1970. The van der Waals surface area contributed by atoms with E-state index < -0.39 is 37.4 Å². The van der Waals surface area contributed by atoms with E-state index in [0.29, 0.717) is 0 Å². The molecular weight excluding hydrogens is 662 g/mol. The summed E-state index contributed by atoms with van der Waals surface area (Å²) in [6.45, 7) is 17.4. The number of benzene rings is 6. The molecule has 0 unspecified atom stereocenters. The van der Waals surface area contributed by atoms with Crippen LogP contribution in [0.1, 0.15) is 90.1 Å². The summed E-state index contributed by atoms with van der Waals surface area (Å²) < 4.78 is 30.1. The van der Waals surface area contributed by atoms with E-state index in [2.05, 4.69) is 177 Å². The molecule has 2 fully saturated rings. The van der Waals surface area contributed by atoms with Crippen molar-refractivity contribution >= 4 is 14.0 Å². The number of aryl methyl sites for hydroxylation is 8. The van der Waals surface area contributed by atoms with E-state index in [1.807, 2.05) is 12.1 Å². The quantitative estimate of drug-likeness (QED) is 0.155. The highest BCUT2D eigenvalue weighted by Crippen LogP contribution is 2.59. The Morgan fingerprint density at radius 1 is 0.333 bits per heavy atom. The smallest absolute Gasteiger partial charge is 0.403 e. The van der Waals surface area contributed by atoms with Gasteiger partial charge in [0.15, 0.2) is 0 Å². The SMILES string of the molecule is Cc1cccc(C)c1C1(c2c(C)cccc2C)OB(B2O[C@H](c3ccccc3)C(c3c(C)cccc3C)(c3c(C)cccc3C)O2)O[C@@H]1c1ccccc1. The molecule has 2 atom stereocenters. The molecule has 0 saturated carbocycles. The van der Waals surface area contributed by atoms with Crippen LogP contribution in [0.25, 0.3) is 0 Å². The van der Waals surface area contributed by atoms with Crippen LogP contribution in [0, 0.1) is 55.4 Å². The molecule has 54 heavy (non-hydrogen) atoms. The van der Waals surface area contributed by atoms with Gasteiger partial charge in [0.2, 0.25) is 0 Å². The first kappa shape index (κ1) is 36.3. The fraction of sp³-hybridized carbons (Fsp3) is 0.250. The monoisotopic (exact) mass is 710 g/mol. The van der Waals surface area contributed by atoms with Crippen molar-refractivity contribution in [3.05, 3.63) is 211 Å². The Labute approximate surface area is 321 Å². The summed E-state index contributed by atoms with van der Waals surface area (Å²) in [6.07, 6.45) is -1.03. The molecule has 8 rings (SSSR count). The lowest BCUT2D eigenvalue weighted by atomic mass is 9.49. The first-order chi connectivity index (χ1) is 26.1. The van der Waals surface area contributed by atoms with Crippen molar-refractivity contribution in [2.45, 2.75) is 78.8 Å². The average Bonchev–Trinajstić information content (AvgIpc) is 3.73. The first-order valence-corrected chi connectivity index (χ1v) is 19.1. The maximum Gasteiger partial charge on any atom is 0.489 e. The van der Waals surface area contributed by atoms with Crippen molar-refractivity contribution in [3.63, 3.8) is 0 Å². The van der Waals surface area contributed by atoms with Gasteiger partial charge < -0.3 is 18.6 Å². The zero-order valence-electron chi connectivity index (χ0n) is 32.6. The Morgan fingerprint density at radius 2 is 0.574 bits per heavy atom. The molecule has 6 aromatic rings. The zero-order valence-corrected chi connectivity index (χ0v) is 32.6. The highest BCUT2D eigenvalue weighted by atomic mass is 16.7. The summed E-state index contributed by atoms with van der Waals surface area (Å²) in [5, 5.41) is 0. The molecular formula is C48H48B2O4. The Hall–Kier alpha value is -4.71. The predicted molar refractivity (Wildman–Crippen MR) is 219 cm³/mol. The fourth-order valence-corrected chi connectivity index (χ4v) is 9.74. The molecule has 2 aliphatic heterocycles. The van der Waals surface area contributed by atoms with Gasteiger partial charge in [0.25, 0.3) is 0 Å². The van der Waals surface area contributed by atoms with Gasteiger partial charge in [-0.3, -0.25) is 0 Å². The van der Waals surface area contributed by atoms with Crippen LogP contribution in [-0.2, 0) is 29.8 Å². The largest absolute Gasteiger partial charge is 0.489 e. The summed E-state index contributed by atoms with van der Waals surface area (Å²) in [5.74, 6) is 0. The Kier molecular flexibility index (Phi) is 9.52. The predicted octanol–water partition coefficient (Wildman–Crippen LogP) is 11.0. The van der Waals surface area contributed by atoms with Gasteiger partial charge in [0, 0.05) is 0 Å². The third kappa shape index (κ3) is 5.70. The minimum atomic E-state index is -1.02. The van der Waals surface area contributed by atoms with Gasteiger partial charge in [-0.1, -0.05) is 133 Å². The molecule has 6 aromatic carbocycles. The van der Waals surface area contributed by atoms with Gasteiger partial charge in [-0.2, -0.15) is 0 Å². The molecule has 0 spiro atoms. The highest BCUT2D eigenvalue weighted by Gasteiger charge is 2.67. The van der Waals surface area contributed by atoms with E-state index in [0.717, 1.165) is 77.9 Å². The normalized spacial score (nSPS) is 19.0. The third-order valence-corrected chi connectivity index (χ3v) is 11.7. The van der Waals surface area contributed by atoms with Crippen molar-refractivity contribution in [3.8, 4) is 0 Å². The highest BCUT2D eigenvalue weighted by molar-refractivity contribution is 7.11. The van der Waals surface area contributed by atoms with Crippen molar-refractivity contribution in [1.29, 1.82) is 0 Å². The van der Waals surface area contributed by atoms with Crippen molar-refractivity contribution in [2.24, 2.45) is 0 Å².